The molecule has 2 fully saturated rings. The average Bonchev–Trinajstić information content (AvgIpc) is 2.82. The molecule has 1 aromatic carbocycles. The topological polar surface area (TPSA) is 87.1 Å². The maximum atomic E-state index is 15.1. The standard InChI is InChI=1S/C24H27FN6O/c1-14-6-9-18(28-27-14)15-7-8-17(22(32)12-15)19-10-11-23(30-29-19)31(2)21-13-16-4-3-5-20(26-16)24(21)25/h6-12,16,20-21,24,26,32H,3-5,13H2,1-2H3/t16-,20+,21+,24-/m0/s1. The molecule has 0 saturated carbocycles. The van der Waals surface area contributed by atoms with Gasteiger partial charge in [0.15, 0.2) is 5.82 Å². The van der Waals surface area contributed by atoms with Gasteiger partial charge in [0.25, 0.3) is 0 Å². The number of rotatable bonds is 4. The van der Waals surface area contributed by atoms with Crippen LogP contribution in [0.5, 0.6) is 5.75 Å². The van der Waals surface area contributed by atoms with Crippen molar-refractivity contribution >= 4 is 5.82 Å². The van der Waals surface area contributed by atoms with Gasteiger partial charge in [0.05, 0.1) is 23.1 Å². The molecule has 8 heteroatoms. The zero-order valence-electron chi connectivity index (χ0n) is 18.2. The molecule has 4 atom stereocenters. The molecular weight excluding hydrogens is 407 g/mol. The van der Waals surface area contributed by atoms with Crippen LogP contribution in [0.3, 0.4) is 0 Å². The van der Waals surface area contributed by atoms with Gasteiger partial charge < -0.3 is 15.3 Å². The first kappa shape index (κ1) is 20.8. The predicted molar refractivity (Wildman–Crippen MR) is 121 cm³/mol. The molecule has 7 nitrogen and oxygen atoms in total. The van der Waals surface area contributed by atoms with Crippen molar-refractivity contribution in [2.45, 2.75) is 56.9 Å². The monoisotopic (exact) mass is 434 g/mol. The molecule has 166 valence electrons. The summed E-state index contributed by atoms with van der Waals surface area (Å²) in [4.78, 5) is 1.91. The van der Waals surface area contributed by atoms with Gasteiger partial charge in [0, 0.05) is 30.3 Å². The van der Waals surface area contributed by atoms with Gasteiger partial charge in [-0.05, 0) is 62.6 Å². The number of aromatic nitrogens is 4. The Balaban J connectivity index is 1.35. The summed E-state index contributed by atoms with van der Waals surface area (Å²) in [5.41, 5.74) is 3.43. The van der Waals surface area contributed by atoms with Crippen molar-refractivity contribution in [2.24, 2.45) is 0 Å². The lowest BCUT2D eigenvalue weighted by molar-refractivity contribution is 0.107. The number of benzene rings is 1. The van der Waals surface area contributed by atoms with Gasteiger partial charge in [0.2, 0.25) is 0 Å². The van der Waals surface area contributed by atoms with Crippen molar-refractivity contribution < 1.29 is 9.50 Å². The SMILES string of the molecule is Cc1ccc(-c2ccc(-c3ccc(N(C)[C@@H]4C[C@@H]5CCC[C@@H](N5)[C@@H]4F)nn3)c(O)c2)nn1. The summed E-state index contributed by atoms with van der Waals surface area (Å²) in [6.45, 7) is 1.88. The fraction of sp³-hybridized carbons (Fsp3) is 0.417. The van der Waals surface area contributed by atoms with E-state index in [2.05, 4.69) is 25.7 Å². The van der Waals surface area contributed by atoms with E-state index in [4.69, 9.17) is 0 Å². The Hall–Kier alpha value is -3.13. The number of phenols is 1. The quantitative estimate of drug-likeness (QED) is 0.648. The summed E-state index contributed by atoms with van der Waals surface area (Å²) in [7, 11) is 1.89. The Morgan fingerprint density at radius 2 is 1.81 bits per heavy atom. The third kappa shape index (κ3) is 3.90. The zero-order chi connectivity index (χ0) is 22.2. The van der Waals surface area contributed by atoms with E-state index in [1.165, 1.54) is 0 Å². The summed E-state index contributed by atoms with van der Waals surface area (Å²) >= 11 is 0. The van der Waals surface area contributed by atoms with Crippen LogP contribution in [0, 0.1) is 6.92 Å². The summed E-state index contributed by atoms with van der Waals surface area (Å²) in [5, 5.41) is 30.9. The third-order valence-electron chi connectivity index (χ3n) is 6.67. The number of piperidine rings is 2. The minimum absolute atomic E-state index is 0.0733. The summed E-state index contributed by atoms with van der Waals surface area (Å²) in [5.74, 6) is 0.725. The average molecular weight is 435 g/mol. The zero-order valence-corrected chi connectivity index (χ0v) is 18.2. The van der Waals surface area contributed by atoms with Crippen molar-refractivity contribution in [2.75, 3.05) is 11.9 Å². The molecular formula is C24H27FN6O. The molecule has 32 heavy (non-hydrogen) atoms. The van der Waals surface area contributed by atoms with Gasteiger partial charge in [-0.2, -0.15) is 10.2 Å². The number of nitrogens with zero attached hydrogens (tertiary/aromatic N) is 5. The van der Waals surface area contributed by atoms with Crippen molar-refractivity contribution in [3.05, 3.63) is 48.2 Å². The van der Waals surface area contributed by atoms with Crippen LogP contribution in [-0.2, 0) is 0 Å². The normalized spacial score (nSPS) is 24.8. The van der Waals surface area contributed by atoms with Crippen molar-refractivity contribution in [1.29, 1.82) is 0 Å². The van der Waals surface area contributed by atoms with Crippen molar-refractivity contribution in [1.82, 2.24) is 25.7 Å². The molecule has 3 aromatic rings. The maximum Gasteiger partial charge on any atom is 0.151 e. The van der Waals surface area contributed by atoms with Gasteiger partial charge in [-0.3, -0.25) is 0 Å². The molecule has 2 N–H and O–H groups in total. The number of anilines is 1. The molecule has 2 aromatic heterocycles. The second-order valence-electron chi connectivity index (χ2n) is 8.83. The summed E-state index contributed by atoms with van der Waals surface area (Å²) in [6, 6.07) is 12.8. The van der Waals surface area contributed by atoms with Gasteiger partial charge >= 0.3 is 0 Å². The highest BCUT2D eigenvalue weighted by molar-refractivity contribution is 5.73. The molecule has 2 aliphatic heterocycles. The van der Waals surface area contributed by atoms with E-state index in [1.54, 1.807) is 12.1 Å². The van der Waals surface area contributed by atoms with Gasteiger partial charge in [-0.1, -0.05) is 12.5 Å². The van der Waals surface area contributed by atoms with Gasteiger partial charge in [-0.15, -0.1) is 10.2 Å². The Labute approximate surface area is 186 Å². The molecule has 0 spiro atoms. The minimum Gasteiger partial charge on any atom is -0.507 e. The van der Waals surface area contributed by atoms with Crippen LogP contribution in [0.25, 0.3) is 22.5 Å². The lowest BCUT2D eigenvalue weighted by Crippen LogP contribution is -2.61. The van der Waals surface area contributed by atoms with Crippen LogP contribution in [0.2, 0.25) is 0 Å². The van der Waals surface area contributed by atoms with E-state index in [-0.39, 0.29) is 17.8 Å². The Kier molecular flexibility index (Phi) is 5.46. The molecule has 2 bridgehead atoms. The van der Waals surface area contributed by atoms with Crippen molar-refractivity contribution in [3.8, 4) is 28.3 Å². The smallest absolute Gasteiger partial charge is 0.151 e. The molecule has 0 radical (unpaired) electrons. The number of nitrogens with one attached hydrogen (secondary N) is 1. The fourth-order valence-corrected chi connectivity index (χ4v) is 4.84. The van der Waals surface area contributed by atoms with Crippen LogP contribution < -0.4 is 10.2 Å². The number of halogens is 1. The Morgan fingerprint density at radius 3 is 2.53 bits per heavy atom. The molecule has 0 aliphatic carbocycles. The van der Waals surface area contributed by atoms with E-state index in [0.717, 1.165) is 36.9 Å². The third-order valence-corrected chi connectivity index (χ3v) is 6.67. The highest BCUT2D eigenvalue weighted by atomic mass is 19.1. The van der Waals surface area contributed by atoms with E-state index in [9.17, 15) is 5.11 Å². The predicted octanol–water partition coefficient (Wildman–Crippen LogP) is 3.67. The fourth-order valence-electron chi connectivity index (χ4n) is 4.84. The first-order valence-corrected chi connectivity index (χ1v) is 11.1. The Bertz CT molecular complexity index is 1090. The Morgan fingerprint density at radius 1 is 1.00 bits per heavy atom. The van der Waals surface area contributed by atoms with Crippen LogP contribution in [-0.4, -0.2) is 56.8 Å². The lowest BCUT2D eigenvalue weighted by Gasteiger charge is -2.46. The van der Waals surface area contributed by atoms with Crippen LogP contribution >= 0.6 is 0 Å². The first-order valence-electron chi connectivity index (χ1n) is 11.1. The van der Waals surface area contributed by atoms with E-state index < -0.39 is 6.17 Å². The largest absolute Gasteiger partial charge is 0.507 e. The molecule has 2 saturated heterocycles. The van der Waals surface area contributed by atoms with Crippen LogP contribution in [0.1, 0.15) is 31.4 Å². The molecule has 0 amide bonds. The molecule has 4 heterocycles. The van der Waals surface area contributed by atoms with Gasteiger partial charge in [0.1, 0.15) is 11.9 Å². The van der Waals surface area contributed by atoms with E-state index in [1.807, 2.05) is 49.2 Å². The maximum absolute atomic E-state index is 15.1. The van der Waals surface area contributed by atoms with Crippen LogP contribution in [0.4, 0.5) is 10.2 Å². The number of hydrogen-bond donors (Lipinski definition) is 2. The number of phenolic OH excluding ortho intramolecular Hbond substituents is 1. The second kappa shape index (κ2) is 8.43. The van der Waals surface area contributed by atoms with Crippen molar-refractivity contribution in [3.63, 3.8) is 0 Å². The second-order valence-corrected chi connectivity index (χ2v) is 8.83. The van der Waals surface area contributed by atoms with Gasteiger partial charge in [-0.25, -0.2) is 4.39 Å². The number of hydrogen-bond acceptors (Lipinski definition) is 7. The van der Waals surface area contributed by atoms with E-state index in [0.29, 0.717) is 28.8 Å². The highest BCUT2D eigenvalue weighted by Crippen LogP contribution is 2.34. The molecule has 5 rings (SSSR count). The first-order chi connectivity index (χ1) is 15.5. The van der Waals surface area contributed by atoms with Crippen LogP contribution in [0.15, 0.2) is 42.5 Å². The molecule has 2 aliphatic rings. The summed E-state index contributed by atoms with van der Waals surface area (Å²) < 4.78 is 15.1. The number of aromatic hydroxyl groups is 1. The number of alkyl halides is 1. The number of aryl methyl sites for hydroxylation is 1. The summed E-state index contributed by atoms with van der Waals surface area (Å²) in [6.07, 6.45) is 2.91. The van der Waals surface area contributed by atoms with E-state index >= 15 is 4.39 Å². The highest BCUT2D eigenvalue weighted by Gasteiger charge is 2.41. The number of fused-ring (bicyclic) bond motifs is 2. The minimum atomic E-state index is -0.931. The molecule has 0 unspecified atom stereocenters. The lowest BCUT2D eigenvalue weighted by atomic mass is 9.82.